The van der Waals surface area contributed by atoms with E-state index in [4.69, 9.17) is 5.11 Å². The number of aromatic carboxylic acids is 1. The Bertz CT molecular complexity index is 647. The van der Waals surface area contributed by atoms with Crippen LogP contribution in [-0.4, -0.2) is 21.0 Å². The molecule has 1 heterocycles. The third-order valence-electron chi connectivity index (χ3n) is 2.56. The number of carbonyl (C=O) groups is 1. The Morgan fingerprint density at radius 3 is 2.68 bits per heavy atom. The monoisotopic (exact) mass is 338 g/mol. The summed E-state index contributed by atoms with van der Waals surface area (Å²) >= 11 is 4.61. The summed E-state index contributed by atoms with van der Waals surface area (Å²) in [7, 11) is 0. The van der Waals surface area contributed by atoms with Crippen molar-refractivity contribution >= 4 is 33.7 Å². The Balaban J connectivity index is 2.30. The first-order valence-corrected chi connectivity index (χ1v) is 7.09. The summed E-state index contributed by atoms with van der Waals surface area (Å²) in [5, 5.41) is 9.82. The number of halogens is 1. The van der Waals surface area contributed by atoms with E-state index in [0.717, 1.165) is 21.3 Å². The van der Waals surface area contributed by atoms with Gasteiger partial charge < -0.3 is 5.11 Å². The van der Waals surface area contributed by atoms with Crippen molar-refractivity contribution in [3.8, 4) is 0 Å². The Morgan fingerprint density at radius 2 is 2.05 bits per heavy atom. The minimum Gasteiger partial charge on any atom is -0.478 e. The predicted octanol–water partition coefficient (Wildman–Crippen LogP) is 3.71. The van der Waals surface area contributed by atoms with E-state index in [0.29, 0.717) is 4.47 Å². The first-order chi connectivity index (χ1) is 8.97. The molecule has 0 radical (unpaired) electrons. The smallest absolute Gasteiger partial charge is 0.336 e. The summed E-state index contributed by atoms with van der Waals surface area (Å²) in [5.41, 5.74) is 2.01. The fourth-order valence-corrected chi connectivity index (χ4v) is 2.68. The number of nitrogens with zero attached hydrogens (tertiary/aromatic N) is 2. The van der Waals surface area contributed by atoms with E-state index in [1.807, 2.05) is 19.9 Å². The lowest BCUT2D eigenvalue weighted by Crippen LogP contribution is -1.98. The molecule has 1 aromatic carbocycles. The molecular weight excluding hydrogens is 328 g/mol. The fourth-order valence-electron chi connectivity index (χ4n) is 1.42. The maximum atomic E-state index is 11.1. The van der Waals surface area contributed by atoms with E-state index >= 15 is 0 Å². The molecule has 2 aromatic rings. The molecule has 6 heteroatoms. The highest BCUT2D eigenvalue weighted by Crippen LogP contribution is 2.29. The Labute approximate surface area is 123 Å². The quantitative estimate of drug-likeness (QED) is 0.924. The highest BCUT2D eigenvalue weighted by molar-refractivity contribution is 9.10. The molecule has 19 heavy (non-hydrogen) atoms. The largest absolute Gasteiger partial charge is 0.478 e. The van der Waals surface area contributed by atoms with Crippen LogP contribution in [0.1, 0.15) is 21.7 Å². The molecule has 1 N–H and O–H groups in total. The summed E-state index contributed by atoms with van der Waals surface area (Å²) in [6.07, 6.45) is 1.69. The molecule has 0 aliphatic heterocycles. The van der Waals surface area contributed by atoms with E-state index in [2.05, 4.69) is 25.9 Å². The average Bonchev–Trinajstić information content (AvgIpc) is 2.36. The van der Waals surface area contributed by atoms with E-state index < -0.39 is 5.97 Å². The number of benzene rings is 1. The lowest BCUT2D eigenvalue weighted by molar-refractivity contribution is 0.0695. The van der Waals surface area contributed by atoms with Crippen LogP contribution in [-0.2, 0) is 0 Å². The molecule has 0 spiro atoms. The Morgan fingerprint density at radius 1 is 1.32 bits per heavy atom. The zero-order valence-corrected chi connectivity index (χ0v) is 12.7. The third kappa shape index (κ3) is 3.33. The number of aromatic nitrogens is 2. The summed E-state index contributed by atoms with van der Waals surface area (Å²) in [6.45, 7) is 3.80. The lowest BCUT2D eigenvalue weighted by Gasteiger charge is -2.05. The third-order valence-corrected chi connectivity index (χ3v) is 4.15. The number of carboxylic acids is 1. The van der Waals surface area contributed by atoms with Crippen LogP contribution in [0.2, 0.25) is 0 Å². The van der Waals surface area contributed by atoms with Gasteiger partial charge in [0.25, 0.3) is 0 Å². The van der Waals surface area contributed by atoms with Crippen LogP contribution in [0.15, 0.2) is 38.8 Å². The van der Waals surface area contributed by atoms with Gasteiger partial charge in [-0.2, -0.15) is 0 Å². The van der Waals surface area contributed by atoms with Gasteiger partial charge in [0.05, 0.1) is 23.1 Å². The van der Waals surface area contributed by atoms with Gasteiger partial charge in [0.1, 0.15) is 5.03 Å². The molecule has 98 valence electrons. The number of rotatable bonds is 3. The minimum atomic E-state index is -0.958. The van der Waals surface area contributed by atoms with Gasteiger partial charge >= 0.3 is 5.97 Å². The first-order valence-electron chi connectivity index (χ1n) is 5.48. The maximum absolute atomic E-state index is 11.1. The van der Waals surface area contributed by atoms with Crippen LogP contribution >= 0.6 is 27.7 Å². The SMILES string of the molecule is Cc1ncc(Sc2ccc(Br)c(C(=O)O)c2)nc1C. The van der Waals surface area contributed by atoms with Gasteiger partial charge in [-0.3, -0.25) is 4.98 Å². The van der Waals surface area contributed by atoms with Gasteiger partial charge in [0, 0.05) is 9.37 Å². The summed E-state index contributed by atoms with van der Waals surface area (Å²) in [5.74, 6) is -0.958. The zero-order valence-electron chi connectivity index (χ0n) is 10.3. The second-order valence-electron chi connectivity index (χ2n) is 3.93. The van der Waals surface area contributed by atoms with E-state index in [1.165, 1.54) is 11.8 Å². The topological polar surface area (TPSA) is 63.1 Å². The predicted molar refractivity (Wildman–Crippen MR) is 76.7 cm³/mol. The van der Waals surface area contributed by atoms with Crippen molar-refractivity contribution in [1.29, 1.82) is 0 Å². The van der Waals surface area contributed by atoms with Crippen molar-refractivity contribution in [2.24, 2.45) is 0 Å². The number of hydrogen-bond donors (Lipinski definition) is 1. The van der Waals surface area contributed by atoms with E-state index in [9.17, 15) is 4.79 Å². The zero-order chi connectivity index (χ0) is 14.0. The van der Waals surface area contributed by atoms with Crippen molar-refractivity contribution in [1.82, 2.24) is 9.97 Å². The molecule has 0 bridgehead atoms. The normalized spacial score (nSPS) is 10.5. The molecule has 1 aromatic heterocycles. The van der Waals surface area contributed by atoms with Crippen LogP contribution < -0.4 is 0 Å². The van der Waals surface area contributed by atoms with E-state index in [1.54, 1.807) is 18.3 Å². The summed E-state index contributed by atoms with van der Waals surface area (Å²) in [6, 6.07) is 5.19. The number of aryl methyl sites for hydroxylation is 2. The van der Waals surface area contributed by atoms with Gasteiger partial charge in [-0.05, 0) is 48.0 Å². The molecular formula is C13H11BrN2O2S. The van der Waals surface area contributed by atoms with E-state index in [-0.39, 0.29) is 5.56 Å². The van der Waals surface area contributed by atoms with Gasteiger partial charge in [0.2, 0.25) is 0 Å². The van der Waals surface area contributed by atoms with Crippen molar-refractivity contribution in [3.63, 3.8) is 0 Å². The minimum absolute atomic E-state index is 0.238. The first kappa shape index (κ1) is 14.0. The fraction of sp³-hybridized carbons (Fsp3) is 0.154. The molecule has 0 unspecified atom stereocenters. The molecule has 0 atom stereocenters. The molecule has 4 nitrogen and oxygen atoms in total. The summed E-state index contributed by atoms with van der Waals surface area (Å²) < 4.78 is 0.565. The molecule has 0 saturated carbocycles. The van der Waals surface area contributed by atoms with Crippen molar-refractivity contribution < 1.29 is 9.90 Å². The second-order valence-corrected chi connectivity index (χ2v) is 5.88. The van der Waals surface area contributed by atoms with Crippen LogP contribution in [0.3, 0.4) is 0 Å². The van der Waals surface area contributed by atoms with Gasteiger partial charge in [-0.25, -0.2) is 9.78 Å². The van der Waals surface area contributed by atoms with Crippen LogP contribution in [0.4, 0.5) is 0 Å². The van der Waals surface area contributed by atoms with Gasteiger partial charge in [-0.1, -0.05) is 11.8 Å². The van der Waals surface area contributed by atoms with Gasteiger partial charge in [0.15, 0.2) is 0 Å². The standard InChI is InChI=1S/C13H11BrN2O2S/c1-7-8(2)16-12(6-15-7)19-9-3-4-11(14)10(5-9)13(17)18/h3-6H,1-2H3,(H,17,18). The summed E-state index contributed by atoms with van der Waals surface area (Å²) in [4.78, 5) is 20.5. The van der Waals surface area contributed by atoms with Crippen LogP contribution in [0.25, 0.3) is 0 Å². The van der Waals surface area contributed by atoms with Gasteiger partial charge in [-0.15, -0.1) is 0 Å². The molecule has 0 saturated heterocycles. The maximum Gasteiger partial charge on any atom is 0.336 e. The molecule has 0 aliphatic carbocycles. The average molecular weight is 339 g/mol. The Kier molecular flexibility index (Phi) is 4.21. The van der Waals surface area contributed by atoms with Crippen LogP contribution in [0.5, 0.6) is 0 Å². The number of carboxylic acid groups (broad SMARTS) is 1. The van der Waals surface area contributed by atoms with Crippen LogP contribution in [0, 0.1) is 13.8 Å². The van der Waals surface area contributed by atoms with Crippen molar-refractivity contribution in [3.05, 3.63) is 45.8 Å². The second kappa shape index (κ2) is 5.71. The van der Waals surface area contributed by atoms with Crippen molar-refractivity contribution in [2.75, 3.05) is 0 Å². The lowest BCUT2D eigenvalue weighted by atomic mass is 10.2. The Hall–Kier alpha value is -1.40. The molecule has 0 amide bonds. The number of hydrogen-bond acceptors (Lipinski definition) is 4. The highest BCUT2D eigenvalue weighted by atomic mass is 79.9. The molecule has 0 fully saturated rings. The van der Waals surface area contributed by atoms with Crippen molar-refractivity contribution in [2.45, 2.75) is 23.8 Å². The molecule has 0 aliphatic rings. The highest BCUT2D eigenvalue weighted by Gasteiger charge is 2.10. The molecule has 2 rings (SSSR count).